The summed E-state index contributed by atoms with van der Waals surface area (Å²) >= 11 is 3.47. The Labute approximate surface area is 148 Å². The number of amides is 1. The van der Waals surface area contributed by atoms with E-state index in [1.54, 1.807) is 4.90 Å². The van der Waals surface area contributed by atoms with Crippen molar-refractivity contribution in [3.63, 3.8) is 0 Å². The van der Waals surface area contributed by atoms with Crippen molar-refractivity contribution >= 4 is 27.8 Å². The minimum absolute atomic E-state index is 0.0292. The number of nitrogens with zero attached hydrogens (tertiary/aromatic N) is 1. The van der Waals surface area contributed by atoms with Crippen molar-refractivity contribution in [2.75, 3.05) is 32.9 Å². The second-order valence-corrected chi connectivity index (χ2v) is 7.07. The van der Waals surface area contributed by atoms with Gasteiger partial charge in [0.1, 0.15) is 0 Å². The molecule has 2 aliphatic rings. The number of hydrogen-bond acceptors (Lipinski definition) is 4. The average molecular weight is 398 g/mol. The smallest absolute Gasteiger partial charge is 0.334 e. The molecule has 1 aromatic rings. The van der Waals surface area contributed by atoms with Gasteiger partial charge in [-0.15, -0.1) is 0 Å². The molecule has 1 N–H and O–H groups in total. The predicted molar refractivity (Wildman–Crippen MR) is 89.8 cm³/mol. The molecule has 1 amide bonds. The van der Waals surface area contributed by atoms with Crippen molar-refractivity contribution in [1.82, 2.24) is 4.90 Å². The van der Waals surface area contributed by atoms with Crippen molar-refractivity contribution in [3.05, 3.63) is 34.3 Å². The first kappa shape index (κ1) is 17.4. The molecule has 24 heavy (non-hydrogen) atoms. The SMILES string of the molecule is O=C(O)[C@@H]1CN(C(=O)C2(c3cccc(Br)c3)CCOCC2)CCO1. The number of rotatable bonds is 3. The lowest BCUT2D eigenvalue weighted by Gasteiger charge is -2.42. The zero-order chi connectivity index (χ0) is 17.2. The summed E-state index contributed by atoms with van der Waals surface area (Å²) in [6, 6.07) is 7.78. The Balaban J connectivity index is 1.91. The Morgan fingerprint density at radius 3 is 2.67 bits per heavy atom. The van der Waals surface area contributed by atoms with Crippen LogP contribution in [-0.4, -0.2) is 60.9 Å². The molecule has 2 aliphatic heterocycles. The van der Waals surface area contributed by atoms with Crippen molar-refractivity contribution in [1.29, 1.82) is 0 Å². The number of aliphatic carboxylic acids is 1. The van der Waals surface area contributed by atoms with Gasteiger partial charge >= 0.3 is 5.97 Å². The van der Waals surface area contributed by atoms with E-state index < -0.39 is 17.5 Å². The molecule has 6 nitrogen and oxygen atoms in total. The largest absolute Gasteiger partial charge is 0.479 e. The van der Waals surface area contributed by atoms with Crippen LogP contribution in [0.25, 0.3) is 0 Å². The Kier molecular flexibility index (Phi) is 5.22. The molecular formula is C17H20BrNO5. The van der Waals surface area contributed by atoms with Crippen LogP contribution < -0.4 is 0 Å². The molecule has 7 heteroatoms. The number of carbonyl (C=O) groups is 2. The van der Waals surface area contributed by atoms with Gasteiger partial charge in [-0.05, 0) is 30.5 Å². The van der Waals surface area contributed by atoms with Crippen molar-refractivity contribution < 1.29 is 24.2 Å². The van der Waals surface area contributed by atoms with Crippen molar-refractivity contribution in [2.24, 2.45) is 0 Å². The van der Waals surface area contributed by atoms with Gasteiger partial charge in [0.05, 0.1) is 18.6 Å². The number of carbonyl (C=O) groups excluding carboxylic acids is 1. The van der Waals surface area contributed by atoms with Gasteiger partial charge < -0.3 is 19.5 Å². The second-order valence-electron chi connectivity index (χ2n) is 6.15. The first-order chi connectivity index (χ1) is 11.5. The van der Waals surface area contributed by atoms with E-state index in [0.29, 0.717) is 32.6 Å². The minimum atomic E-state index is -1.03. The van der Waals surface area contributed by atoms with Crippen molar-refractivity contribution in [3.8, 4) is 0 Å². The summed E-state index contributed by atoms with van der Waals surface area (Å²) in [5.41, 5.74) is 0.283. The quantitative estimate of drug-likeness (QED) is 0.841. The average Bonchev–Trinajstić information content (AvgIpc) is 2.61. The summed E-state index contributed by atoms with van der Waals surface area (Å²) in [6.45, 7) is 1.79. The molecule has 0 saturated carbocycles. The summed E-state index contributed by atoms with van der Waals surface area (Å²) in [5, 5.41) is 9.18. The molecular weight excluding hydrogens is 378 g/mol. The highest BCUT2D eigenvalue weighted by molar-refractivity contribution is 9.10. The van der Waals surface area contributed by atoms with Crippen LogP contribution in [0.15, 0.2) is 28.7 Å². The number of ether oxygens (including phenoxy) is 2. The van der Waals surface area contributed by atoms with E-state index in [0.717, 1.165) is 10.0 Å². The number of morpholine rings is 1. The highest BCUT2D eigenvalue weighted by atomic mass is 79.9. The third kappa shape index (κ3) is 3.34. The molecule has 0 spiro atoms. The van der Waals surface area contributed by atoms with Crippen LogP contribution in [-0.2, 0) is 24.5 Å². The number of benzene rings is 1. The van der Waals surface area contributed by atoms with E-state index in [9.17, 15) is 14.7 Å². The third-order valence-corrected chi connectivity index (χ3v) is 5.26. The van der Waals surface area contributed by atoms with Crippen LogP contribution in [0.3, 0.4) is 0 Å². The van der Waals surface area contributed by atoms with Gasteiger partial charge in [-0.3, -0.25) is 4.79 Å². The van der Waals surface area contributed by atoms with Crippen LogP contribution >= 0.6 is 15.9 Å². The van der Waals surface area contributed by atoms with E-state index in [1.165, 1.54) is 0 Å². The van der Waals surface area contributed by atoms with Gasteiger partial charge in [0.2, 0.25) is 5.91 Å². The summed E-state index contributed by atoms with van der Waals surface area (Å²) in [4.78, 5) is 26.2. The molecule has 1 atom stereocenters. The molecule has 0 unspecified atom stereocenters. The highest BCUT2D eigenvalue weighted by Crippen LogP contribution is 2.38. The molecule has 0 radical (unpaired) electrons. The number of carboxylic acids is 1. The van der Waals surface area contributed by atoms with Crippen LogP contribution in [0.2, 0.25) is 0 Å². The third-order valence-electron chi connectivity index (χ3n) is 4.76. The molecule has 2 fully saturated rings. The normalized spacial score (nSPS) is 23.7. The fourth-order valence-electron chi connectivity index (χ4n) is 3.42. The molecule has 130 valence electrons. The maximum atomic E-state index is 13.4. The zero-order valence-electron chi connectivity index (χ0n) is 13.2. The van der Waals surface area contributed by atoms with E-state index >= 15 is 0 Å². The van der Waals surface area contributed by atoms with Crippen molar-refractivity contribution in [2.45, 2.75) is 24.4 Å². The first-order valence-electron chi connectivity index (χ1n) is 8.00. The first-order valence-corrected chi connectivity index (χ1v) is 8.80. The Hall–Kier alpha value is -1.44. The highest BCUT2D eigenvalue weighted by Gasteiger charge is 2.45. The maximum Gasteiger partial charge on any atom is 0.334 e. The summed E-state index contributed by atoms with van der Waals surface area (Å²) in [6.07, 6.45) is 0.233. The second kappa shape index (κ2) is 7.21. The Bertz CT molecular complexity index is 629. The van der Waals surface area contributed by atoms with Gasteiger partial charge in [-0.25, -0.2) is 4.79 Å². The molecule has 0 aromatic heterocycles. The minimum Gasteiger partial charge on any atom is -0.479 e. The van der Waals surface area contributed by atoms with E-state index in [-0.39, 0.29) is 19.1 Å². The van der Waals surface area contributed by atoms with Gasteiger partial charge in [0, 0.05) is 24.2 Å². The molecule has 0 bridgehead atoms. The van der Waals surface area contributed by atoms with E-state index in [4.69, 9.17) is 9.47 Å². The fraction of sp³-hybridized carbons (Fsp3) is 0.529. The monoisotopic (exact) mass is 397 g/mol. The Morgan fingerprint density at radius 2 is 2.00 bits per heavy atom. The van der Waals surface area contributed by atoms with Crippen LogP contribution in [0, 0.1) is 0 Å². The van der Waals surface area contributed by atoms with Crippen LogP contribution in [0.5, 0.6) is 0 Å². The Morgan fingerprint density at radius 1 is 1.25 bits per heavy atom. The molecule has 1 aromatic carbocycles. The summed E-state index contributed by atoms with van der Waals surface area (Å²) in [7, 11) is 0. The molecule has 3 rings (SSSR count). The zero-order valence-corrected chi connectivity index (χ0v) is 14.8. The van der Waals surface area contributed by atoms with Gasteiger partial charge in [-0.1, -0.05) is 28.1 Å². The van der Waals surface area contributed by atoms with Gasteiger partial charge in [0.15, 0.2) is 6.10 Å². The van der Waals surface area contributed by atoms with E-state index in [2.05, 4.69) is 15.9 Å². The summed E-state index contributed by atoms with van der Waals surface area (Å²) in [5.74, 6) is -1.06. The van der Waals surface area contributed by atoms with Gasteiger partial charge in [0.25, 0.3) is 0 Å². The van der Waals surface area contributed by atoms with Crippen LogP contribution in [0.1, 0.15) is 18.4 Å². The predicted octanol–water partition coefficient (Wildman–Crippen LogP) is 1.81. The number of hydrogen-bond donors (Lipinski definition) is 1. The van der Waals surface area contributed by atoms with Crippen LogP contribution in [0.4, 0.5) is 0 Å². The molecule has 2 heterocycles. The standard InChI is InChI=1S/C17H20BrNO5/c18-13-3-1-2-12(10-13)17(4-7-23-8-5-17)16(22)19-6-9-24-14(11-19)15(20)21/h1-3,10,14H,4-9,11H2,(H,20,21)/t14-/m0/s1. The lowest BCUT2D eigenvalue weighted by Crippen LogP contribution is -2.56. The lowest BCUT2D eigenvalue weighted by molar-refractivity contribution is -0.162. The lowest BCUT2D eigenvalue weighted by atomic mass is 9.73. The maximum absolute atomic E-state index is 13.4. The summed E-state index contributed by atoms with van der Waals surface area (Å²) < 4.78 is 11.6. The number of carboxylic acid groups (broad SMARTS) is 1. The van der Waals surface area contributed by atoms with E-state index in [1.807, 2.05) is 24.3 Å². The number of halogens is 1. The fourth-order valence-corrected chi connectivity index (χ4v) is 3.82. The topological polar surface area (TPSA) is 76.1 Å². The molecule has 2 saturated heterocycles. The molecule has 0 aliphatic carbocycles. The van der Waals surface area contributed by atoms with Gasteiger partial charge in [-0.2, -0.15) is 0 Å².